The third-order valence-electron chi connectivity index (χ3n) is 2.91. The number of benzene rings is 1. The highest BCUT2D eigenvalue weighted by atomic mass is 79.9. The van der Waals surface area contributed by atoms with Crippen LogP contribution in [0.25, 0.3) is 11.0 Å². The third-order valence-corrected chi connectivity index (χ3v) is 6.14. The minimum absolute atomic E-state index is 0.0247. The lowest BCUT2D eigenvalue weighted by atomic mass is 10.1. The summed E-state index contributed by atoms with van der Waals surface area (Å²) in [5, 5.41) is 2.01. The van der Waals surface area contributed by atoms with Crippen LogP contribution in [-0.2, 0) is 0 Å². The smallest absolute Gasteiger partial charge is 0.314 e. The van der Waals surface area contributed by atoms with E-state index in [1.54, 1.807) is 17.4 Å². The zero-order chi connectivity index (χ0) is 14.3. The summed E-state index contributed by atoms with van der Waals surface area (Å²) in [6, 6.07) is 7.56. The molecule has 7 heteroatoms. The predicted octanol–water partition coefficient (Wildman–Crippen LogP) is 3.52. The van der Waals surface area contributed by atoms with E-state index in [9.17, 15) is 9.59 Å². The molecule has 0 amide bonds. The molecule has 0 aliphatic carbocycles. The molecule has 3 rings (SSSR count). The summed E-state index contributed by atoms with van der Waals surface area (Å²) in [5.74, 6) is 0. The molecule has 0 radical (unpaired) electrons. The second-order valence-corrected chi connectivity index (χ2v) is 6.93. The van der Waals surface area contributed by atoms with Crippen LogP contribution in [0.1, 0.15) is 15.3 Å². The fourth-order valence-corrected chi connectivity index (χ4v) is 4.69. The molecular formula is C13H8Br2N2O2S. The SMILES string of the molecule is O=c1[nH]c2ccc(C(Br)c3sccc3Br)cc2[nH]c1=O. The number of nitrogens with one attached hydrogen (secondary N) is 2. The molecular weight excluding hydrogens is 408 g/mol. The highest BCUT2D eigenvalue weighted by Gasteiger charge is 2.15. The van der Waals surface area contributed by atoms with Crippen LogP contribution in [0, 0.1) is 0 Å². The molecule has 20 heavy (non-hydrogen) atoms. The first kappa shape index (κ1) is 13.8. The van der Waals surface area contributed by atoms with E-state index in [1.165, 1.54) is 0 Å². The average Bonchev–Trinajstić information content (AvgIpc) is 2.85. The van der Waals surface area contributed by atoms with Gasteiger partial charge in [-0.05, 0) is 45.1 Å². The molecule has 3 aromatic rings. The maximum atomic E-state index is 11.4. The standard InChI is InChI=1S/C13H8Br2N2O2S/c14-7-3-4-20-11(7)10(15)6-1-2-8-9(5-6)17-13(19)12(18)16-8/h1-5,10H,(H,16,18)(H,17,19). The molecule has 2 N–H and O–H groups in total. The van der Waals surface area contributed by atoms with E-state index >= 15 is 0 Å². The minimum Gasteiger partial charge on any atom is -0.316 e. The first-order valence-electron chi connectivity index (χ1n) is 5.69. The first-order valence-corrected chi connectivity index (χ1v) is 8.28. The van der Waals surface area contributed by atoms with Gasteiger partial charge in [0.05, 0.1) is 15.9 Å². The van der Waals surface area contributed by atoms with Gasteiger partial charge in [0.1, 0.15) is 0 Å². The molecule has 1 atom stereocenters. The van der Waals surface area contributed by atoms with E-state index in [0.717, 1.165) is 14.9 Å². The molecule has 0 saturated carbocycles. The van der Waals surface area contributed by atoms with Gasteiger partial charge in [-0.1, -0.05) is 22.0 Å². The lowest BCUT2D eigenvalue weighted by Gasteiger charge is -2.10. The van der Waals surface area contributed by atoms with Gasteiger partial charge < -0.3 is 9.97 Å². The first-order chi connectivity index (χ1) is 9.56. The van der Waals surface area contributed by atoms with Crippen molar-refractivity contribution < 1.29 is 0 Å². The minimum atomic E-state index is -0.641. The van der Waals surface area contributed by atoms with Crippen molar-refractivity contribution in [2.45, 2.75) is 4.83 Å². The Hall–Kier alpha value is -1.18. The predicted molar refractivity (Wildman–Crippen MR) is 88.0 cm³/mol. The Morgan fingerprint density at radius 1 is 1.05 bits per heavy atom. The molecule has 1 aromatic carbocycles. The second-order valence-electron chi connectivity index (χ2n) is 4.21. The molecule has 2 aromatic heterocycles. The number of thiophene rings is 1. The molecule has 0 bridgehead atoms. The van der Waals surface area contributed by atoms with Crippen molar-refractivity contribution in [2.24, 2.45) is 0 Å². The monoisotopic (exact) mass is 414 g/mol. The lowest BCUT2D eigenvalue weighted by molar-refractivity contribution is 1.13. The van der Waals surface area contributed by atoms with E-state index in [1.807, 2.05) is 23.6 Å². The number of halogens is 2. The van der Waals surface area contributed by atoms with Gasteiger partial charge in [0.15, 0.2) is 0 Å². The molecule has 0 aliphatic rings. The van der Waals surface area contributed by atoms with Crippen LogP contribution >= 0.6 is 43.2 Å². The van der Waals surface area contributed by atoms with Crippen molar-refractivity contribution in [1.29, 1.82) is 0 Å². The average molecular weight is 416 g/mol. The largest absolute Gasteiger partial charge is 0.316 e. The molecule has 0 spiro atoms. The molecule has 0 fully saturated rings. The highest BCUT2D eigenvalue weighted by molar-refractivity contribution is 9.11. The Bertz CT molecular complexity index is 897. The van der Waals surface area contributed by atoms with Gasteiger partial charge in [-0.15, -0.1) is 11.3 Å². The second kappa shape index (κ2) is 5.31. The number of fused-ring (bicyclic) bond motifs is 1. The summed E-state index contributed by atoms with van der Waals surface area (Å²) in [4.78, 5) is 29.0. The maximum absolute atomic E-state index is 11.4. The Labute approximate surface area is 134 Å². The zero-order valence-electron chi connectivity index (χ0n) is 9.94. The van der Waals surface area contributed by atoms with Crippen LogP contribution in [0.15, 0.2) is 43.7 Å². The third kappa shape index (κ3) is 2.41. The van der Waals surface area contributed by atoms with Gasteiger partial charge in [-0.2, -0.15) is 0 Å². The van der Waals surface area contributed by atoms with Gasteiger partial charge in [-0.25, -0.2) is 0 Å². The number of hydrogen-bond acceptors (Lipinski definition) is 3. The molecule has 0 aliphatic heterocycles. The number of H-pyrrole nitrogens is 2. The van der Waals surface area contributed by atoms with Gasteiger partial charge >= 0.3 is 11.1 Å². The van der Waals surface area contributed by atoms with E-state index in [4.69, 9.17) is 0 Å². The molecule has 2 heterocycles. The van der Waals surface area contributed by atoms with Crippen molar-refractivity contribution in [3.8, 4) is 0 Å². The molecule has 102 valence electrons. The normalized spacial score (nSPS) is 12.7. The van der Waals surface area contributed by atoms with Crippen LogP contribution in [0.4, 0.5) is 0 Å². The van der Waals surface area contributed by atoms with E-state index in [0.29, 0.717) is 11.0 Å². The van der Waals surface area contributed by atoms with Crippen LogP contribution in [0.3, 0.4) is 0 Å². The van der Waals surface area contributed by atoms with E-state index < -0.39 is 11.1 Å². The topological polar surface area (TPSA) is 65.7 Å². The number of aromatic nitrogens is 2. The molecule has 4 nitrogen and oxygen atoms in total. The highest BCUT2D eigenvalue weighted by Crippen LogP contribution is 2.39. The number of rotatable bonds is 2. The number of aromatic amines is 2. The Morgan fingerprint density at radius 2 is 1.75 bits per heavy atom. The number of alkyl halides is 1. The van der Waals surface area contributed by atoms with Crippen molar-refractivity contribution in [1.82, 2.24) is 9.97 Å². The summed E-state index contributed by atoms with van der Waals surface area (Å²) in [5.41, 5.74) is 0.954. The Morgan fingerprint density at radius 3 is 2.40 bits per heavy atom. The quantitative estimate of drug-likeness (QED) is 0.496. The lowest BCUT2D eigenvalue weighted by Crippen LogP contribution is -2.28. The molecule has 0 saturated heterocycles. The summed E-state index contributed by atoms with van der Waals surface area (Å²) < 4.78 is 1.04. The Kier molecular flexibility index (Phi) is 3.66. The summed E-state index contributed by atoms with van der Waals surface area (Å²) in [6.07, 6.45) is 0. The van der Waals surface area contributed by atoms with Gasteiger partial charge in [0.2, 0.25) is 0 Å². The van der Waals surface area contributed by atoms with Gasteiger partial charge in [0, 0.05) is 9.35 Å². The van der Waals surface area contributed by atoms with Crippen molar-refractivity contribution in [2.75, 3.05) is 0 Å². The zero-order valence-corrected chi connectivity index (χ0v) is 13.9. The van der Waals surface area contributed by atoms with E-state index in [-0.39, 0.29) is 4.83 Å². The molecule has 1 unspecified atom stereocenters. The van der Waals surface area contributed by atoms with Crippen LogP contribution < -0.4 is 11.1 Å². The Balaban J connectivity index is 2.14. The van der Waals surface area contributed by atoms with Crippen molar-refractivity contribution in [3.63, 3.8) is 0 Å². The summed E-state index contributed by atoms with van der Waals surface area (Å²) in [7, 11) is 0. The van der Waals surface area contributed by atoms with Crippen molar-refractivity contribution >= 4 is 54.2 Å². The fraction of sp³-hybridized carbons (Fsp3) is 0.0769. The van der Waals surface area contributed by atoms with Crippen molar-refractivity contribution in [3.05, 3.63) is 65.3 Å². The number of hydrogen-bond donors (Lipinski definition) is 2. The van der Waals surface area contributed by atoms with E-state index in [2.05, 4.69) is 41.8 Å². The van der Waals surface area contributed by atoms with Crippen LogP contribution in [0.2, 0.25) is 0 Å². The summed E-state index contributed by atoms with van der Waals surface area (Å²) >= 11 is 8.81. The van der Waals surface area contributed by atoms with Gasteiger partial charge in [-0.3, -0.25) is 9.59 Å². The van der Waals surface area contributed by atoms with Crippen LogP contribution in [0.5, 0.6) is 0 Å². The fourth-order valence-electron chi connectivity index (χ4n) is 1.93. The summed E-state index contributed by atoms with van der Waals surface area (Å²) in [6.45, 7) is 0. The van der Waals surface area contributed by atoms with Crippen LogP contribution in [-0.4, -0.2) is 9.97 Å². The van der Waals surface area contributed by atoms with Gasteiger partial charge in [0.25, 0.3) is 0 Å². The maximum Gasteiger partial charge on any atom is 0.314 e.